The Hall–Kier alpha value is -2.35. The van der Waals surface area contributed by atoms with Crippen LogP contribution in [0.15, 0.2) is 18.2 Å². The van der Waals surface area contributed by atoms with Crippen LogP contribution in [0.25, 0.3) is 0 Å². The Balaban J connectivity index is 2.61. The van der Waals surface area contributed by atoms with E-state index in [1.807, 2.05) is 20.8 Å². The number of nitrogens with one attached hydrogen (secondary N) is 3. The van der Waals surface area contributed by atoms with E-state index in [0.29, 0.717) is 17.9 Å². The molecule has 0 bridgehead atoms. The number of hydrogen-bond donors (Lipinski definition) is 4. The normalized spacial score (nSPS) is 10.9. The molecule has 1 amide bonds. The van der Waals surface area contributed by atoms with Crippen molar-refractivity contribution in [1.82, 2.24) is 5.32 Å². The predicted octanol–water partition coefficient (Wildman–Crippen LogP) is 1.60. The highest BCUT2D eigenvalue weighted by molar-refractivity contribution is 5.77. The third-order valence-corrected chi connectivity index (χ3v) is 2.49. The molecule has 0 saturated carbocycles. The van der Waals surface area contributed by atoms with Gasteiger partial charge in [0, 0.05) is 36.3 Å². The van der Waals surface area contributed by atoms with Gasteiger partial charge in [-0.15, -0.1) is 0 Å². The molecule has 8 heteroatoms. The number of nitrogen functional groups attached to an aromatic ring is 1. The molecule has 1 aromatic carbocycles. The van der Waals surface area contributed by atoms with Gasteiger partial charge in [0.1, 0.15) is 0 Å². The van der Waals surface area contributed by atoms with Gasteiger partial charge in [0.15, 0.2) is 0 Å². The SMILES string of the molecule is CC(C)(C)NC(=O)CCNc1cc(NN)cc([N+](=O)[O-])c1. The molecule has 5 N–H and O–H groups in total. The highest BCUT2D eigenvalue weighted by atomic mass is 16.6. The van der Waals surface area contributed by atoms with Gasteiger partial charge in [-0.1, -0.05) is 0 Å². The van der Waals surface area contributed by atoms with E-state index in [1.165, 1.54) is 12.1 Å². The van der Waals surface area contributed by atoms with Gasteiger partial charge in [0.05, 0.1) is 10.6 Å². The Morgan fingerprint density at radius 1 is 1.29 bits per heavy atom. The predicted molar refractivity (Wildman–Crippen MR) is 81.9 cm³/mol. The van der Waals surface area contributed by atoms with Crippen LogP contribution in [0.3, 0.4) is 0 Å². The van der Waals surface area contributed by atoms with Crippen molar-refractivity contribution in [2.45, 2.75) is 32.7 Å². The topological polar surface area (TPSA) is 122 Å². The maximum atomic E-state index is 11.7. The molecule has 21 heavy (non-hydrogen) atoms. The summed E-state index contributed by atoms with van der Waals surface area (Å²) in [5.74, 6) is 5.18. The number of nitrogens with zero attached hydrogens (tertiary/aromatic N) is 1. The number of hydrogen-bond acceptors (Lipinski definition) is 6. The van der Waals surface area contributed by atoms with E-state index in [4.69, 9.17) is 5.84 Å². The van der Waals surface area contributed by atoms with Crippen molar-refractivity contribution in [2.24, 2.45) is 5.84 Å². The van der Waals surface area contributed by atoms with E-state index in [9.17, 15) is 14.9 Å². The van der Waals surface area contributed by atoms with Crippen molar-refractivity contribution < 1.29 is 9.72 Å². The molecule has 0 fully saturated rings. The van der Waals surface area contributed by atoms with E-state index < -0.39 is 4.92 Å². The molecule has 0 aliphatic heterocycles. The molecule has 0 unspecified atom stereocenters. The molecule has 0 saturated heterocycles. The zero-order valence-corrected chi connectivity index (χ0v) is 12.4. The first kappa shape index (κ1) is 16.7. The van der Waals surface area contributed by atoms with Gasteiger partial charge in [0.2, 0.25) is 5.91 Å². The number of nitro groups is 1. The first-order valence-electron chi connectivity index (χ1n) is 6.52. The summed E-state index contributed by atoms with van der Waals surface area (Å²) >= 11 is 0. The van der Waals surface area contributed by atoms with Gasteiger partial charge in [0.25, 0.3) is 5.69 Å². The quantitative estimate of drug-likeness (QED) is 0.359. The Morgan fingerprint density at radius 2 is 1.90 bits per heavy atom. The van der Waals surface area contributed by atoms with Gasteiger partial charge in [-0.25, -0.2) is 0 Å². The van der Waals surface area contributed by atoms with Crippen molar-refractivity contribution >= 4 is 23.0 Å². The van der Waals surface area contributed by atoms with Gasteiger partial charge in [-0.05, 0) is 26.8 Å². The van der Waals surface area contributed by atoms with Crippen molar-refractivity contribution in [3.63, 3.8) is 0 Å². The Labute approximate surface area is 123 Å². The van der Waals surface area contributed by atoms with Crippen LogP contribution in [-0.4, -0.2) is 22.9 Å². The Bertz CT molecular complexity index is 525. The fourth-order valence-corrected chi connectivity index (χ4v) is 1.70. The van der Waals surface area contributed by atoms with E-state index in [2.05, 4.69) is 16.1 Å². The molecular formula is C13H21N5O3. The van der Waals surface area contributed by atoms with Crippen molar-refractivity contribution in [2.75, 3.05) is 17.3 Å². The molecule has 0 spiro atoms. The van der Waals surface area contributed by atoms with Crippen LogP contribution in [0.2, 0.25) is 0 Å². The van der Waals surface area contributed by atoms with Crippen molar-refractivity contribution in [3.05, 3.63) is 28.3 Å². The number of non-ortho nitro benzene ring substituents is 1. The van der Waals surface area contributed by atoms with Crippen LogP contribution < -0.4 is 21.9 Å². The van der Waals surface area contributed by atoms with E-state index in [-0.39, 0.29) is 23.6 Å². The number of carbonyl (C=O) groups excluding carboxylic acids is 1. The van der Waals surface area contributed by atoms with Crippen LogP contribution in [0.1, 0.15) is 27.2 Å². The van der Waals surface area contributed by atoms with E-state index in [1.54, 1.807) is 6.07 Å². The van der Waals surface area contributed by atoms with Crippen molar-refractivity contribution in [1.29, 1.82) is 0 Å². The lowest BCUT2D eigenvalue weighted by Crippen LogP contribution is -2.41. The highest BCUT2D eigenvalue weighted by Gasteiger charge is 2.13. The number of rotatable bonds is 6. The summed E-state index contributed by atoms with van der Waals surface area (Å²) in [4.78, 5) is 22.0. The standard InChI is InChI=1S/C13H21N5O3/c1-13(2,3)16-12(19)4-5-15-9-6-10(17-14)8-11(7-9)18(20)21/h6-8,15,17H,4-5,14H2,1-3H3,(H,16,19). The molecule has 8 nitrogen and oxygen atoms in total. The number of amides is 1. The smallest absolute Gasteiger partial charge is 0.273 e. The van der Waals surface area contributed by atoms with Gasteiger partial charge >= 0.3 is 0 Å². The first-order chi connectivity index (χ1) is 9.71. The number of hydrazine groups is 1. The lowest BCUT2D eigenvalue weighted by molar-refractivity contribution is -0.384. The molecule has 1 aromatic rings. The number of benzene rings is 1. The monoisotopic (exact) mass is 295 g/mol. The number of nitrogens with two attached hydrogens (primary N) is 1. The summed E-state index contributed by atoms with van der Waals surface area (Å²) in [6.07, 6.45) is 0.269. The summed E-state index contributed by atoms with van der Waals surface area (Å²) in [7, 11) is 0. The van der Waals surface area contributed by atoms with Gasteiger partial charge in [-0.3, -0.25) is 20.8 Å². The third kappa shape index (κ3) is 6.09. The Kier molecular flexibility index (Phi) is 5.48. The fourth-order valence-electron chi connectivity index (χ4n) is 1.70. The van der Waals surface area contributed by atoms with Crippen LogP contribution in [0.5, 0.6) is 0 Å². The lowest BCUT2D eigenvalue weighted by atomic mass is 10.1. The molecule has 0 aliphatic carbocycles. The summed E-state index contributed by atoms with van der Waals surface area (Å²) < 4.78 is 0. The number of nitro benzene ring substituents is 1. The first-order valence-corrected chi connectivity index (χ1v) is 6.52. The molecule has 1 rings (SSSR count). The summed E-state index contributed by atoms with van der Waals surface area (Å²) in [5, 5.41) is 16.6. The van der Waals surface area contributed by atoms with Gasteiger partial charge in [-0.2, -0.15) is 0 Å². The lowest BCUT2D eigenvalue weighted by Gasteiger charge is -2.20. The second-order valence-electron chi connectivity index (χ2n) is 5.64. The molecule has 0 heterocycles. The summed E-state index contributed by atoms with van der Waals surface area (Å²) in [6.45, 7) is 6.07. The van der Waals surface area contributed by atoms with Gasteiger partial charge < -0.3 is 16.1 Å². The minimum absolute atomic E-state index is 0.0768. The van der Waals surface area contributed by atoms with E-state index >= 15 is 0 Å². The third-order valence-electron chi connectivity index (χ3n) is 2.49. The Morgan fingerprint density at radius 3 is 2.43 bits per heavy atom. The maximum Gasteiger partial charge on any atom is 0.273 e. The summed E-state index contributed by atoms with van der Waals surface area (Å²) in [6, 6.07) is 4.36. The number of anilines is 2. The van der Waals surface area contributed by atoms with Crippen LogP contribution in [-0.2, 0) is 4.79 Å². The molecular weight excluding hydrogens is 274 g/mol. The number of carbonyl (C=O) groups is 1. The highest BCUT2D eigenvalue weighted by Crippen LogP contribution is 2.23. The minimum atomic E-state index is -0.502. The average Bonchev–Trinajstić information content (AvgIpc) is 2.36. The molecule has 0 atom stereocenters. The molecule has 0 aliphatic rings. The summed E-state index contributed by atoms with van der Waals surface area (Å²) in [5.41, 5.74) is 2.96. The van der Waals surface area contributed by atoms with Crippen LogP contribution in [0.4, 0.5) is 17.1 Å². The zero-order valence-electron chi connectivity index (χ0n) is 12.4. The van der Waals surface area contributed by atoms with Crippen LogP contribution >= 0.6 is 0 Å². The molecule has 0 radical (unpaired) electrons. The minimum Gasteiger partial charge on any atom is -0.384 e. The second kappa shape index (κ2) is 6.89. The van der Waals surface area contributed by atoms with E-state index in [0.717, 1.165) is 0 Å². The molecule has 0 aromatic heterocycles. The molecule has 116 valence electrons. The largest absolute Gasteiger partial charge is 0.384 e. The fraction of sp³-hybridized carbons (Fsp3) is 0.462. The van der Waals surface area contributed by atoms with Crippen LogP contribution in [0, 0.1) is 10.1 Å². The zero-order chi connectivity index (χ0) is 16.0. The van der Waals surface area contributed by atoms with Crippen molar-refractivity contribution in [3.8, 4) is 0 Å². The second-order valence-corrected chi connectivity index (χ2v) is 5.64. The maximum absolute atomic E-state index is 11.7. The average molecular weight is 295 g/mol.